The van der Waals surface area contributed by atoms with E-state index in [0.717, 1.165) is 16.4 Å². The first-order valence-corrected chi connectivity index (χ1v) is 13.1. The van der Waals surface area contributed by atoms with Gasteiger partial charge in [0, 0.05) is 24.0 Å². The second-order valence-corrected chi connectivity index (χ2v) is 12.5. The number of aromatic nitrogens is 1. The molecule has 1 saturated heterocycles. The molecule has 0 amide bonds. The molecular formula is C23H27ClN2O2S2. The second-order valence-electron chi connectivity index (χ2n) is 8.48. The van der Waals surface area contributed by atoms with Gasteiger partial charge in [0.15, 0.2) is 15.0 Å². The van der Waals surface area contributed by atoms with Gasteiger partial charge < -0.3 is 4.90 Å². The van der Waals surface area contributed by atoms with Crippen LogP contribution in [0.15, 0.2) is 47.9 Å². The van der Waals surface area contributed by atoms with Gasteiger partial charge in [0.25, 0.3) is 0 Å². The van der Waals surface area contributed by atoms with Crippen LogP contribution < -0.4 is 4.90 Å². The molecule has 2 unspecified atom stereocenters. The summed E-state index contributed by atoms with van der Waals surface area (Å²) in [5, 5.41) is 2.00. The highest BCUT2D eigenvalue weighted by molar-refractivity contribution is 7.93. The number of hydrogen-bond acceptors (Lipinski definition) is 5. The number of alkyl halides is 1. The van der Waals surface area contributed by atoms with Crippen molar-refractivity contribution in [1.82, 2.24) is 4.98 Å². The summed E-state index contributed by atoms with van der Waals surface area (Å²) in [5.74, 6) is 0. The molecule has 2 atom stereocenters. The number of aryl methyl sites for hydroxylation is 2. The Bertz CT molecular complexity index is 1070. The van der Waals surface area contributed by atoms with Crippen LogP contribution in [-0.2, 0) is 9.84 Å². The Morgan fingerprint density at radius 3 is 2.43 bits per heavy atom. The highest BCUT2D eigenvalue weighted by Crippen LogP contribution is 2.36. The molecule has 1 aromatic carbocycles. The van der Waals surface area contributed by atoms with E-state index >= 15 is 0 Å². The monoisotopic (exact) mass is 462 g/mol. The van der Waals surface area contributed by atoms with Crippen molar-refractivity contribution in [2.75, 3.05) is 18.0 Å². The molecule has 0 spiro atoms. The van der Waals surface area contributed by atoms with Crippen LogP contribution in [0.4, 0.5) is 5.13 Å². The van der Waals surface area contributed by atoms with Crippen LogP contribution in [0.5, 0.6) is 0 Å². The molecule has 0 N–H and O–H groups in total. The van der Waals surface area contributed by atoms with Gasteiger partial charge in [-0.2, -0.15) is 0 Å². The summed E-state index contributed by atoms with van der Waals surface area (Å²) in [6.07, 6.45) is 8.30. The number of rotatable bonds is 4. The number of nitrogens with zero attached hydrogens (tertiary/aromatic N) is 2. The first-order valence-electron chi connectivity index (χ1n) is 10.2. The Hall–Kier alpha value is -1.63. The lowest BCUT2D eigenvalue weighted by Gasteiger charge is -2.36. The van der Waals surface area contributed by atoms with E-state index in [4.69, 9.17) is 16.6 Å². The Balaban J connectivity index is 1.46. The molecule has 0 saturated carbocycles. The van der Waals surface area contributed by atoms with Gasteiger partial charge in [-0.3, -0.25) is 0 Å². The van der Waals surface area contributed by atoms with Crippen molar-refractivity contribution in [1.29, 1.82) is 0 Å². The van der Waals surface area contributed by atoms with Crippen molar-refractivity contribution in [3.63, 3.8) is 0 Å². The van der Waals surface area contributed by atoms with E-state index in [9.17, 15) is 8.42 Å². The molecule has 1 aliphatic carbocycles. The van der Waals surface area contributed by atoms with E-state index in [1.54, 1.807) is 36.5 Å². The standard InChI is InChI=1S/C23H27ClN2O2S2/c1-16-12-17(2)14-18(13-16)20-15-29-22(25-20)26-10-7-19(8-11-26)30(27,28)21-6-4-5-9-23(21,3)24/h4-6,9,12-15,19,21H,7-8,10-11H2,1-3H3. The van der Waals surface area contributed by atoms with Crippen molar-refractivity contribution in [2.24, 2.45) is 0 Å². The lowest BCUT2D eigenvalue weighted by molar-refractivity contribution is 0.518. The number of thiazole rings is 1. The van der Waals surface area contributed by atoms with Gasteiger partial charge >= 0.3 is 0 Å². The molecule has 30 heavy (non-hydrogen) atoms. The van der Waals surface area contributed by atoms with Crippen LogP contribution in [0, 0.1) is 13.8 Å². The summed E-state index contributed by atoms with van der Waals surface area (Å²) in [4.78, 5) is 6.16. The average Bonchev–Trinajstić information content (AvgIpc) is 3.17. The van der Waals surface area contributed by atoms with Gasteiger partial charge in [0.1, 0.15) is 5.25 Å². The van der Waals surface area contributed by atoms with Gasteiger partial charge in [0.2, 0.25) is 0 Å². The fourth-order valence-corrected chi connectivity index (χ4v) is 8.09. The van der Waals surface area contributed by atoms with Crippen LogP contribution in [-0.4, -0.2) is 41.9 Å². The molecule has 7 heteroatoms. The fourth-order valence-electron chi connectivity index (χ4n) is 4.37. The van der Waals surface area contributed by atoms with Crippen LogP contribution in [0.25, 0.3) is 11.3 Å². The zero-order chi connectivity index (χ0) is 21.5. The van der Waals surface area contributed by atoms with Crippen LogP contribution >= 0.6 is 22.9 Å². The summed E-state index contributed by atoms with van der Waals surface area (Å²) in [6.45, 7) is 7.34. The van der Waals surface area contributed by atoms with E-state index in [-0.39, 0.29) is 5.25 Å². The predicted octanol–water partition coefficient (Wildman–Crippen LogP) is 5.30. The minimum Gasteiger partial charge on any atom is -0.348 e. The largest absolute Gasteiger partial charge is 0.348 e. The van der Waals surface area contributed by atoms with Crippen molar-refractivity contribution >= 4 is 37.9 Å². The number of hydrogen-bond donors (Lipinski definition) is 0. The highest BCUT2D eigenvalue weighted by Gasteiger charge is 2.44. The maximum absolute atomic E-state index is 13.3. The van der Waals surface area contributed by atoms with Crippen molar-refractivity contribution in [3.05, 3.63) is 59.0 Å². The zero-order valence-corrected chi connectivity index (χ0v) is 19.9. The Kier molecular flexibility index (Phi) is 5.86. The van der Waals surface area contributed by atoms with E-state index < -0.39 is 20.0 Å². The van der Waals surface area contributed by atoms with Crippen molar-refractivity contribution in [3.8, 4) is 11.3 Å². The van der Waals surface area contributed by atoms with Gasteiger partial charge in [-0.25, -0.2) is 13.4 Å². The van der Waals surface area contributed by atoms with Gasteiger partial charge in [-0.15, -0.1) is 22.9 Å². The average molecular weight is 463 g/mol. The molecule has 2 aromatic rings. The maximum Gasteiger partial charge on any atom is 0.185 e. The molecule has 1 fully saturated rings. The van der Waals surface area contributed by atoms with Crippen molar-refractivity contribution in [2.45, 2.75) is 49.0 Å². The lowest BCUT2D eigenvalue weighted by Crippen LogP contribution is -2.47. The Morgan fingerprint density at radius 2 is 1.80 bits per heavy atom. The molecule has 2 aliphatic rings. The fraction of sp³-hybridized carbons (Fsp3) is 0.435. The molecular weight excluding hydrogens is 436 g/mol. The summed E-state index contributed by atoms with van der Waals surface area (Å²) < 4.78 is 26.5. The molecule has 1 aliphatic heterocycles. The number of sulfone groups is 1. The third kappa shape index (κ3) is 4.23. The topological polar surface area (TPSA) is 50.3 Å². The highest BCUT2D eigenvalue weighted by atomic mass is 35.5. The third-order valence-electron chi connectivity index (χ3n) is 5.92. The number of anilines is 1. The van der Waals surface area contributed by atoms with Crippen LogP contribution in [0.3, 0.4) is 0 Å². The molecule has 1 aromatic heterocycles. The predicted molar refractivity (Wildman–Crippen MR) is 128 cm³/mol. The van der Waals surface area contributed by atoms with E-state index in [0.29, 0.717) is 25.9 Å². The SMILES string of the molecule is Cc1cc(C)cc(-c2csc(N3CCC(S(=O)(=O)C4C=CC=CC4(C)Cl)CC3)n2)c1. The Morgan fingerprint density at radius 1 is 1.13 bits per heavy atom. The molecule has 0 bridgehead atoms. The smallest absolute Gasteiger partial charge is 0.185 e. The second kappa shape index (κ2) is 8.13. The molecule has 4 rings (SSSR count). The third-order valence-corrected chi connectivity index (χ3v) is 10.1. The molecule has 2 heterocycles. The first-order chi connectivity index (χ1) is 14.2. The van der Waals surface area contributed by atoms with E-state index in [1.807, 2.05) is 6.08 Å². The first kappa shape index (κ1) is 21.6. The number of allylic oxidation sites excluding steroid dienone is 3. The van der Waals surface area contributed by atoms with Gasteiger partial charge in [0.05, 0.1) is 15.8 Å². The van der Waals surface area contributed by atoms with Gasteiger partial charge in [-0.05, 0) is 45.7 Å². The summed E-state index contributed by atoms with van der Waals surface area (Å²) in [6, 6.07) is 6.46. The normalized spacial score (nSPS) is 25.1. The van der Waals surface area contributed by atoms with Gasteiger partial charge in [-0.1, -0.05) is 41.5 Å². The molecule has 160 valence electrons. The van der Waals surface area contributed by atoms with Crippen LogP contribution in [0.1, 0.15) is 30.9 Å². The van der Waals surface area contributed by atoms with Crippen LogP contribution in [0.2, 0.25) is 0 Å². The molecule has 4 nitrogen and oxygen atoms in total. The number of benzene rings is 1. The van der Waals surface area contributed by atoms with E-state index in [2.05, 4.69) is 42.3 Å². The molecule has 0 radical (unpaired) electrons. The Labute approximate surface area is 188 Å². The maximum atomic E-state index is 13.3. The number of halogens is 1. The quantitative estimate of drug-likeness (QED) is 0.578. The zero-order valence-electron chi connectivity index (χ0n) is 17.5. The minimum absolute atomic E-state index is 0.369. The van der Waals surface area contributed by atoms with E-state index in [1.165, 1.54) is 11.1 Å². The minimum atomic E-state index is -3.36. The summed E-state index contributed by atoms with van der Waals surface area (Å²) in [7, 11) is -3.36. The van der Waals surface area contributed by atoms with Crippen molar-refractivity contribution < 1.29 is 8.42 Å². The lowest BCUT2D eigenvalue weighted by atomic mass is 10.0. The summed E-state index contributed by atoms with van der Waals surface area (Å²) >= 11 is 8.14. The number of piperidine rings is 1. The summed E-state index contributed by atoms with van der Waals surface area (Å²) in [5.41, 5.74) is 4.56.